The highest BCUT2D eigenvalue weighted by atomic mass is 32.1. The predicted molar refractivity (Wildman–Crippen MR) is 80.9 cm³/mol. The number of ether oxygens (including phenoxy) is 1. The fourth-order valence-corrected chi connectivity index (χ4v) is 3.31. The number of rotatable bonds is 4. The van der Waals surface area contributed by atoms with Crippen LogP contribution in [-0.4, -0.2) is 11.0 Å². The van der Waals surface area contributed by atoms with Gasteiger partial charge in [-0.2, -0.15) is 11.3 Å². The third-order valence-electron chi connectivity index (χ3n) is 2.84. The lowest BCUT2D eigenvalue weighted by Gasteiger charge is -2.04. The molecule has 1 aromatic carbocycles. The Morgan fingerprint density at radius 2 is 1.95 bits per heavy atom. The highest BCUT2D eigenvalue weighted by Crippen LogP contribution is 2.26. The van der Waals surface area contributed by atoms with Gasteiger partial charge in [-0.25, -0.2) is 18.6 Å². The average molecular weight is 337 g/mol. The van der Waals surface area contributed by atoms with Gasteiger partial charge in [-0.15, -0.1) is 11.3 Å². The molecular formula is C15H9F2NO2S2. The molecule has 0 unspecified atom stereocenters. The Balaban J connectivity index is 1.69. The van der Waals surface area contributed by atoms with E-state index < -0.39 is 23.2 Å². The molecule has 0 aliphatic carbocycles. The van der Waals surface area contributed by atoms with Crippen molar-refractivity contribution in [2.24, 2.45) is 0 Å². The first-order valence-corrected chi connectivity index (χ1v) is 8.05. The van der Waals surface area contributed by atoms with E-state index in [0.717, 1.165) is 22.7 Å². The van der Waals surface area contributed by atoms with Crippen LogP contribution in [-0.2, 0) is 11.3 Å². The van der Waals surface area contributed by atoms with Crippen LogP contribution in [0.15, 0.2) is 40.4 Å². The number of esters is 1. The third-order valence-corrected chi connectivity index (χ3v) is 4.46. The van der Waals surface area contributed by atoms with Gasteiger partial charge in [-0.1, -0.05) is 6.07 Å². The number of aromatic nitrogens is 1. The summed E-state index contributed by atoms with van der Waals surface area (Å²) in [5.41, 5.74) is 0.847. The summed E-state index contributed by atoms with van der Waals surface area (Å²) < 4.78 is 31.9. The summed E-state index contributed by atoms with van der Waals surface area (Å²) in [5.74, 6) is -2.93. The number of nitrogens with zero attached hydrogens (tertiary/aromatic N) is 1. The van der Waals surface area contributed by atoms with Crippen molar-refractivity contribution >= 4 is 28.6 Å². The maximum absolute atomic E-state index is 13.5. The van der Waals surface area contributed by atoms with Crippen molar-refractivity contribution in [1.29, 1.82) is 0 Å². The van der Waals surface area contributed by atoms with Crippen molar-refractivity contribution < 1.29 is 18.3 Å². The average Bonchev–Trinajstić information content (AvgIpc) is 3.16. The van der Waals surface area contributed by atoms with Gasteiger partial charge in [-0.3, -0.25) is 0 Å². The van der Waals surface area contributed by atoms with Gasteiger partial charge >= 0.3 is 5.97 Å². The fourth-order valence-electron chi connectivity index (χ4n) is 1.80. The smallest absolute Gasteiger partial charge is 0.344 e. The number of carbonyl (C=O) groups is 1. The van der Waals surface area contributed by atoms with Crippen LogP contribution < -0.4 is 0 Å². The van der Waals surface area contributed by atoms with Crippen molar-refractivity contribution in [2.75, 3.05) is 0 Å². The monoisotopic (exact) mass is 337 g/mol. The Bertz CT molecular complexity index is 779. The number of benzene rings is 1. The minimum atomic E-state index is -1.04. The van der Waals surface area contributed by atoms with Gasteiger partial charge in [0.1, 0.15) is 28.8 Å². The molecule has 3 nitrogen and oxygen atoms in total. The van der Waals surface area contributed by atoms with E-state index in [-0.39, 0.29) is 6.61 Å². The molecule has 0 saturated carbocycles. The molecule has 0 atom stereocenters. The SMILES string of the molecule is O=C(OCc1csc(-c2ccsc2)n1)c1c(F)cccc1F. The molecule has 2 heterocycles. The zero-order chi connectivity index (χ0) is 15.5. The van der Waals surface area contributed by atoms with Crippen LogP contribution in [0, 0.1) is 11.6 Å². The van der Waals surface area contributed by atoms with E-state index >= 15 is 0 Å². The Hall–Kier alpha value is -2.12. The lowest BCUT2D eigenvalue weighted by molar-refractivity contribution is 0.0457. The van der Waals surface area contributed by atoms with E-state index in [1.54, 1.807) is 16.7 Å². The van der Waals surface area contributed by atoms with Gasteiger partial charge in [-0.05, 0) is 23.6 Å². The number of carbonyl (C=O) groups excluding carboxylic acids is 1. The zero-order valence-corrected chi connectivity index (χ0v) is 12.7. The second kappa shape index (κ2) is 6.33. The van der Waals surface area contributed by atoms with Crippen molar-refractivity contribution in [3.8, 4) is 10.6 Å². The zero-order valence-electron chi connectivity index (χ0n) is 11.1. The summed E-state index contributed by atoms with van der Waals surface area (Å²) >= 11 is 2.98. The molecule has 0 radical (unpaired) electrons. The van der Waals surface area contributed by atoms with Gasteiger partial charge in [0.15, 0.2) is 0 Å². The summed E-state index contributed by atoms with van der Waals surface area (Å²) in [7, 11) is 0. The van der Waals surface area contributed by atoms with Crippen molar-refractivity contribution in [1.82, 2.24) is 4.98 Å². The number of hydrogen-bond donors (Lipinski definition) is 0. The summed E-state index contributed by atoms with van der Waals surface area (Å²) in [6, 6.07) is 5.15. The second-order valence-corrected chi connectivity index (χ2v) is 5.97. The Kier molecular flexibility index (Phi) is 4.26. The molecule has 0 aliphatic heterocycles. The minimum Gasteiger partial charge on any atom is -0.455 e. The Morgan fingerprint density at radius 3 is 2.64 bits per heavy atom. The van der Waals surface area contributed by atoms with Gasteiger partial charge in [0.2, 0.25) is 0 Å². The molecule has 0 fully saturated rings. The van der Waals surface area contributed by atoms with Crippen LogP contribution in [0.3, 0.4) is 0 Å². The molecule has 3 rings (SSSR count). The third kappa shape index (κ3) is 3.05. The van der Waals surface area contributed by atoms with E-state index in [4.69, 9.17) is 4.74 Å². The first-order valence-electron chi connectivity index (χ1n) is 6.23. The van der Waals surface area contributed by atoms with E-state index in [0.29, 0.717) is 5.69 Å². The molecule has 2 aromatic heterocycles. The van der Waals surface area contributed by atoms with Gasteiger partial charge in [0, 0.05) is 16.3 Å². The number of thiazole rings is 1. The largest absolute Gasteiger partial charge is 0.455 e. The standard InChI is InChI=1S/C15H9F2NO2S2/c16-11-2-1-3-12(17)13(11)15(19)20-6-10-8-22-14(18-10)9-4-5-21-7-9/h1-5,7-8H,6H2. The van der Waals surface area contributed by atoms with Crippen LogP contribution in [0.1, 0.15) is 16.1 Å². The second-order valence-electron chi connectivity index (χ2n) is 4.33. The highest BCUT2D eigenvalue weighted by molar-refractivity contribution is 7.14. The quantitative estimate of drug-likeness (QED) is 0.658. The molecule has 0 aliphatic rings. The van der Waals surface area contributed by atoms with Gasteiger partial charge in [0.05, 0.1) is 5.69 Å². The molecule has 7 heteroatoms. The lowest BCUT2D eigenvalue weighted by Crippen LogP contribution is -2.10. The molecule has 22 heavy (non-hydrogen) atoms. The van der Waals surface area contributed by atoms with Crippen molar-refractivity contribution in [3.63, 3.8) is 0 Å². The molecule has 0 spiro atoms. The van der Waals surface area contributed by atoms with Crippen LogP contribution in [0.2, 0.25) is 0 Å². The summed E-state index contributed by atoms with van der Waals surface area (Å²) in [4.78, 5) is 16.1. The van der Waals surface area contributed by atoms with E-state index in [1.165, 1.54) is 17.4 Å². The molecule has 0 bridgehead atoms. The van der Waals surface area contributed by atoms with Gasteiger partial charge < -0.3 is 4.74 Å². The molecular weight excluding hydrogens is 328 g/mol. The van der Waals surface area contributed by atoms with Gasteiger partial charge in [0.25, 0.3) is 0 Å². The molecule has 0 amide bonds. The Labute approximate surface area is 132 Å². The van der Waals surface area contributed by atoms with Crippen LogP contribution in [0.25, 0.3) is 10.6 Å². The van der Waals surface area contributed by atoms with Crippen LogP contribution in [0.4, 0.5) is 8.78 Å². The molecule has 112 valence electrons. The molecule has 3 aromatic rings. The first-order chi connectivity index (χ1) is 10.6. The number of thiophene rings is 1. The van der Waals surface area contributed by atoms with Crippen LogP contribution >= 0.6 is 22.7 Å². The normalized spacial score (nSPS) is 10.6. The van der Waals surface area contributed by atoms with Crippen molar-refractivity contribution in [2.45, 2.75) is 6.61 Å². The van der Waals surface area contributed by atoms with E-state index in [2.05, 4.69) is 4.98 Å². The molecule has 0 saturated heterocycles. The topological polar surface area (TPSA) is 39.2 Å². The minimum absolute atomic E-state index is 0.132. The maximum Gasteiger partial charge on any atom is 0.344 e. The first kappa shape index (κ1) is 14.8. The summed E-state index contributed by atoms with van der Waals surface area (Å²) in [6.07, 6.45) is 0. The Morgan fingerprint density at radius 1 is 1.18 bits per heavy atom. The number of hydrogen-bond acceptors (Lipinski definition) is 5. The summed E-state index contributed by atoms with van der Waals surface area (Å²) in [6.45, 7) is -0.132. The molecule has 0 N–H and O–H groups in total. The predicted octanol–water partition coefficient (Wildman–Crippen LogP) is 4.51. The van der Waals surface area contributed by atoms with Crippen molar-refractivity contribution in [3.05, 3.63) is 63.3 Å². The van der Waals surface area contributed by atoms with E-state index in [1.807, 2.05) is 16.8 Å². The maximum atomic E-state index is 13.5. The highest BCUT2D eigenvalue weighted by Gasteiger charge is 2.19. The summed E-state index contributed by atoms with van der Waals surface area (Å²) in [5, 5.41) is 6.46. The number of halogens is 2. The van der Waals surface area contributed by atoms with E-state index in [9.17, 15) is 13.6 Å². The van der Waals surface area contributed by atoms with Crippen LogP contribution in [0.5, 0.6) is 0 Å². The fraction of sp³-hybridized carbons (Fsp3) is 0.0667. The lowest BCUT2D eigenvalue weighted by atomic mass is 10.2.